The average Bonchev–Trinajstić information content (AvgIpc) is 1.96. The van der Waals surface area contributed by atoms with Crippen LogP contribution in [0.3, 0.4) is 0 Å². The van der Waals surface area contributed by atoms with E-state index in [1.807, 2.05) is 0 Å². The van der Waals surface area contributed by atoms with Crippen molar-refractivity contribution in [1.82, 2.24) is 0 Å². The molecule has 0 radical (unpaired) electrons. The van der Waals surface area contributed by atoms with Crippen LogP contribution >= 0.6 is 0 Å². The van der Waals surface area contributed by atoms with Gasteiger partial charge in [0.05, 0.1) is 0 Å². The van der Waals surface area contributed by atoms with E-state index in [4.69, 9.17) is 0 Å². The van der Waals surface area contributed by atoms with E-state index in [1.54, 1.807) is 0 Å². The van der Waals surface area contributed by atoms with E-state index in [-0.39, 0.29) is 56.3 Å². The maximum atomic E-state index is 9.98. The van der Waals surface area contributed by atoms with Crippen LogP contribution in [0.1, 0.15) is 51.9 Å². The number of aliphatic carboxylic acids is 1. The molecular formula is C9H17FrO2. The van der Waals surface area contributed by atoms with E-state index in [0.29, 0.717) is 0 Å². The number of rotatable bonds is 7. The molecule has 0 aromatic carbocycles. The third kappa shape index (κ3) is 13.6. The van der Waals surface area contributed by atoms with Gasteiger partial charge in [-0.2, -0.15) is 0 Å². The molecule has 0 bridgehead atoms. The van der Waals surface area contributed by atoms with Gasteiger partial charge in [0.25, 0.3) is 0 Å². The molecule has 0 fully saturated rings. The molecule has 0 amide bonds. The van der Waals surface area contributed by atoms with Crippen LogP contribution in [0, 0.1) is 49.9 Å². The Morgan fingerprint density at radius 1 is 1.08 bits per heavy atom. The number of carbonyl (C=O) groups excluding carboxylic acids is 1. The number of hydrogen-bond acceptors (Lipinski definition) is 2. The van der Waals surface area contributed by atoms with Crippen molar-refractivity contribution in [3.63, 3.8) is 0 Å². The van der Waals surface area contributed by atoms with Crippen LogP contribution in [0.4, 0.5) is 0 Å². The zero-order valence-corrected chi connectivity index (χ0v) is 16.5. The first kappa shape index (κ1) is 15.5. The first-order valence-corrected chi connectivity index (χ1v) is 4.47. The first-order chi connectivity index (χ1) is 5.27. The molecule has 3 heteroatoms. The van der Waals surface area contributed by atoms with Crippen molar-refractivity contribution in [2.24, 2.45) is 0 Å². The quantitative estimate of drug-likeness (QED) is 0.628. The SMILES string of the molecule is CCCCCCCCC(=O)[O-].[Fr+]. The predicted molar refractivity (Wildman–Crippen MR) is 43.0 cm³/mol. The predicted octanol–water partition coefficient (Wildman–Crippen LogP) is 1.49. The monoisotopic (exact) mass is 380 g/mol. The van der Waals surface area contributed by atoms with E-state index in [2.05, 4.69) is 6.92 Å². The molecule has 0 saturated heterocycles. The van der Waals surface area contributed by atoms with Crippen molar-refractivity contribution >= 4 is 5.97 Å². The second kappa shape index (κ2) is 12.1. The van der Waals surface area contributed by atoms with Crippen molar-refractivity contribution in [3.05, 3.63) is 0 Å². The second-order valence-corrected chi connectivity index (χ2v) is 2.89. The summed E-state index contributed by atoms with van der Waals surface area (Å²) in [6, 6.07) is 0. The van der Waals surface area contributed by atoms with E-state index in [9.17, 15) is 9.90 Å². The number of carboxylic acids is 1. The maximum Gasteiger partial charge on any atom is 1.00 e. The van der Waals surface area contributed by atoms with Gasteiger partial charge in [-0.05, 0) is 12.8 Å². The molecule has 0 spiro atoms. The number of carboxylic acid groups (broad SMARTS) is 1. The zero-order valence-electron chi connectivity index (χ0n) is 8.27. The molecule has 0 heterocycles. The number of carbonyl (C=O) groups is 1. The Balaban J connectivity index is 0. The van der Waals surface area contributed by atoms with Crippen molar-refractivity contribution in [2.75, 3.05) is 0 Å². The molecule has 0 N–H and O–H groups in total. The summed E-state index contributed by atoms with van der Waals surface area (Å²) in [4.78, 5) is 9.98. The normalized spacial score (nSPS) is 9.08. The summed E-state index contributed by atoms with van der Waals surface area (Å²) in [5.41, 5.74) is 0. The summed E-state index contributed by atoms with van der Waals surface area (Å²) in [5.74, 6) is -0.916. The van der Waals surface area contributed by atoms with Crippen molar-refractivity contribution in [1.29, 1.82) is 0 Å². The van der Waals surface area contributed by atoms with Crippen LogP contribution < -0.4 is 5.11 Å². The smallest absolute Gasteiger partial charge is 0.550 e. The van der Waals surface area contributed by atoms with Crippen LogP contribution in [0.2, 0.25) is 0 Å². The van der Waals surface area contributed by atoms with Gasteiger partial charge in [-0.1, -0.05) is 39.0 Å². The van der Waals surface area contributed by atoms with Crippen LogP contribution in [-0.4, -0.2) is 5.97 Å². The topological polar surface area (TPSA) is 40.1 Å². The van der Waals surface area contributed by atoms with Crippen molar-refractivity contribution in [3.8, 4) is 0 Å². The summed E-state index contributed by atoms with van der Waals surface area (Å²) in [6.07, 6.45) is 6.96. The van der Waals surface area contributed by atoms with Gasteiger partial charge in [0, 0.05) is 5.97 Å². The molecule has 66 valence electrons. The van der Waals surface area contributed by atoms with Crippen LogP contribution in [0.25, 0.3) is 0 Å². The molecule has 0 aliphatic carbocycles. The fraction of sp³-hybridized carbons (Fsp3) is 0.889. The van der Waals surface area contributed by atoms with Crippen LogP contribution in [-0.2, 0) is 4.79 Å². The fourth-order valence-electron chi connectivity index (χ4n) is 1.05. The minimum absolute atomic E-state index is 0. The summed E-state index contributed by atoms with van der Waals surface area (Å²) in [5, 5.41) is 9.98. The van der Waals surface area contributed by atoms with Crippen LogP contribution in [0.15, 0.2) is 0 Å². The third-order valence-electron chi connectivity index (χ3n) is 1.73. The molecule has 0 aromatic heterocycles. The van der Waals surface area contributed by atoms with E-state index < -0.39 is 5.97 Å². The molecule has 0 rings (SSSR count). The van der Waals surface area contributed by atoms with Gasteiger partial charge in [-0.15, -0.1) is 0 Å². The second-order valence-electron chi connectivity index (χ2n) is 2.89. The van der Waals surface area contributed by atoms with Gasteiger partial charge in [0.2, 0.25) is 0 Å². The molecule has 12 heavy (non-hydrogen) atoms. The molecule has 0 aromatic rings. The van der Waals surface area contributed by atoms with E-state index >= 15 is 0 Å². The number of hydrogen-bond donors (Lipinski definition) is 0. The van der Waals surface area contributed by atoms with Gasteiger partial charge in [-0.25, -0.2) is 0 Å². The minimum atomic E-state index is -0.916. The molecule has 0 unspecified atom stereocenters. The van der Waals surface area contributed by atoms with Gasteiger partial charge in [0.1, 0.15) is 0 Å². The molecule has 0 aliphatic rings. The zero-order chi connectivity index (χ0) is 8.53. The largest absolute Gasteiger partial charge is 1.00 e. The molecule has 2 nitrogen and oxygen atoms in total. The summed E-state index contributed by atoms with van der Waals surface area (Å²) in [7, 11) is 0. The summed E-state index contributed by atoms with van der Waals surface area (Å²) in [6.45, 7) is 2.17. The molecule has 0 atom stereocenters. The Morgan fingerprint density at radius 3 is 2.08 bits per heavy atom. The molecule has 0 aliphatic heterocycles. The van der Waals surface area contributed by atoms with Gasteiger partial charge < -0.3 is 9.90 Å². The van der Waals surface area contributed by atoms with Gasteiger partial charge >= 0.3 is 49.9 Å². The summed E-state index contributed by atoms with van der Waals surface area (Å²) >= 11 is 0. The van der Waals surface area contributed by atoms with Crippen molar-refractivity contribution in [2.45, 2.75) is 51.9 Å². The maximum absolute atomic E-state index is 9.98. The van der Waals surface area contributed by atoms with Gasteiger partial charge in [0.15, 0.2) is 0 Å². The fourth-order valence-corrected chi connectivity index (χ4v) is 1.05. The summed E-state index contributed by atoms with van der Waals surface area (Å²) < 4.78 is 0. The Labute approximate surface area is 116 Å². The first-order valence-electron chi connectivity index (χ1n) is 4.47. The Bertz CT molecular complexity index is 105. The third-order valence-corrected chi connectivity index (χ3v) is 1.73. The average molecular weight is 380 g/mol. The standard InChI is InChI=1S/C9H18O2.Fr/c1-2-3-4-5-6-7-8-9(10)11;/h2-8H2,1H3,(H,10,11);/q;+1/p-1. The Hall–Kier alpha value is 1.07. The Morgan fingerprint density at radius 2 is 1.58 bits per heavy atom. The van der Waals surface area contributed by atoms with E-state index in [1.165, 1.54) is 25.7 Å². The Kier molecular flexibility index (Phi) is 15.6. The molecule has 0 saturated carbocycles. The minimum Gasteiger partial charge on any atom is -0.550 e. The van der Waals surface area contributed by atoms with Crippen LogP contribution in [0.5, 0.6) is 0 Å². The van der Waals surface area contributed by atoms with E-state index in [0.717, 1.165) is 12.8 Å². The molecular weight excluding hydrogens is 363 g/mol. The number of unbranched alkanes of at least 4 members (excludes halogenated alkanes) is 5. The van der Waals surface area contributed by atoms with Gasteiger partial charge in [-0.3, -0.25) is 0 Å². The van der Waals surface area contributed by atoms with Crippen molar-refractivity contribution < 1.29 is 59.8 Å².